The van der Waals surface area contributed by atoms with Crippen LogP contribution < -0.4 is 4.74 Å². The van der Waals surface area contributed by atoms with Gasteiger partial charge in [-0.1, -0.05) is 60.7 Å². The van der Waals surface area contributed by atoms with Crippen molar-refractivity contribution in [1.82, 2.24) is 0 Å². The van der Waals surface area contributed by atoms with E-state index in [0.717, 1.165) is 16.9 Å². The van der Waals surface area contributed by atoms with Gasteiger partial charge in [-0.15, -0.1) is 0 Å². The first-order valence-corrected chi connectivity index (χ1v) is 27.8. The summed E-state index contributed by atoms with van der Waals surface area (Å²) in [6.07, 6.45) is -1.66. The average molecular weight is 815 g/mol. The van der Waals surface area contributed by atoms with Gasteiger partial charge >= 0.3 is 0 Å². The third-order valence-electron chi connectivity index (χ3n) is 9.91. The molecule has 2 fully saturated rings. The third-order valence-corrected chi connectivity index (χ3v) is 13.8. The summed E-state index contributed by atoms with van der Waals surface area (Å²) in [5, 5.41) is 12.0. The lowest BCUT2D eigenvalue weighted by Crippen LogP contribution is -2.58. The lowest BCUT2D eigenvalue weighted by molar-refractivity contribution is -0.266. The number of aliphatic hydroxyl groups is 1. The molecular weight excluding hydrogens is 753 g/mol. The first-order valence-electron chi connectivity index (χ1n) is 19.4. The molecule has 0 radical (unpaired) electrons. The predicted molar refractivity (Wildman–Crippen MR) is 219 cm³/mol. The van der Waals surface area contributed by atoms with Crippen LogP contribution in [0.5, 0.6) is 5.75 Å². The molecule has 8 atom stereocenters. The van der Waals surface area contributed by atoms with Gasteiger partial charge in [0, 0.05) is 18.4 Å². The van der Waals surface area contributed by atoms with Crippen molar-refractivity contribution < 1.29 is 46.1 Å². The van der Waals surface area contributed by atoms with Gasteiger partial charge in [0.1, 0.15) is 18.0 Å². The van der Waals surface area contributed by atoms with E-state index in [2.05, 4.69) is 39.3 Å². The van der Waals surface area contributed by atoms with Crippen molar-refractivity contribution in [3.8, 4) is 5.75 Å². The molecule has 0 aliphatic carbocycles. The van der Waals surface area contributed by atoms with Gasteiger partial charge in [-0.05, 0) is 95.8 Å². The van der Waals surface area contributed by atoms with E-state index in [4.69, 9.17) is 32.5 Å². The highest BCUT2D eigenvalue weighted by Gasteiger charge is 2.54. The van der Waals surface area contributed by atoms with Crippen LogP contribution >= 0.6 is 0 Å². The van der Waals surface area contributed by atoms with Crippen LogP contribution in [0.25, 0.3) is 0 Å². The topological polar surface area (TPSA) is 122 Å². The minimum absolute atomic E-state index is 0.0532. The Morgan fingerprint density at radius 2 is 1.47 bits per heavy atom. The Kier molecular flexibility index (Phi) is 14.3. The SMILES string of the molecule is COc1ccc(CO[C@@H]([C@@H]2CCO[C@H](c3ccccc3)O2)[C@@](C)(C[C@H](O)[C@H]2O[C@@H]2C[C@](C)(CCS(=O)(=O)c2ccccc2)O[Si](C)(C)C)O[Si](C)(C)C)cc1. The zero-order chi connectivity index (χ0) is 40.1. The maximum absolute atomic E-state index is 13.3. The van der Waals surface area contributed by atoms with E-state index in [1.54, 1.807) is 37.4 Å². The maximum Gasteiger partial charge on any atom is 0.184 e. The van der Waals surface area contributed by atoms with Gasteiger partial charge in [0.15, 0.2) is 32.8 Å². The second-order valence-corrected chi connectivity index (χ2v) is 28.3. The normalized spacial score (nSPS) is 24.0. The predicted octanol–water partition coefficient (Wildman–Crippen LogP) is 8.08. The summed E-state index contributed by atoms with van der Waals surface area (Å²) in [5.74, 6) is 0.708. The van der Waals surface area contributed by atoms with E-state index in [1.807, 2.05) is 68.4 Å². The standard InChI is InChI=1S/C42H62O10SSi2/c1-41(51-54(4,5)6,25-27-53(44,45)34-18-14-11-15-19-34)29-37-38(49-37)35(43)28-42(2,52-55(7,8)9)39(48-30-31-20-22-33(46-3)23-21-31)36-24-26-47-40(50-36)32-16-12-10-13-17-32/h10-23,35-40,43H,24-30H2,1-9H3/t35-,36-,37+,38+,39-,40-,41-,42+/m0/s1. The van der Waals surface area contributed by atoms with Gasteiger partial charge in [0.05, 0.1) is 60.5 Å². The molecule has 3 aromatic carbocycles. The Morgan fingerprint density at radius 3 is 2.07 bits per heavy atom. The molecule has 13 heteroatoms. The third kappa shape index (κ3) is 12.8. The molecular formula is C42H62O10SSi2. The fourth-order valence-corrected chi connectivity index (χ4v) is 12.5. The summed E-state index contributed by atoms with van der Waals surface area (Å²) in [6.45, 7) is 17.5. The lowest BCUT2D eigenvalue weighted by Gasteiger charge is -2.47. The van der Waals surface area contributed by atoms with Crippen molar-refractivity contribution in [1.29, 1.82) is 0 Å². The van der Waals surface area contributed by atoms with E-state index in [0.29, 0.717) is 37.4 Å². The Balaban J connectivity index is 1.36. The number of methoxy groups -OCH3 is 1. The molecule has 55 heavy (non-hydrogen) atoms. The van der Waals surface area contributed by atoms with Crippen LogP contribution in [0.1, 0.15) is 56.9 Å². The molecule has 0 bridgehead atoms. The summed E-state index contributed by atoms with van der Waals surface area (Å²) >= 11 is 0. The van der Waals surface area contributed by atoms with Crippen LogP contribution in [0, 0.1) is 0 Å². The summed E-state index contributed by atoms with van der Waals surface area (Å²) in [7, 11) is -6.23. The highest BCUT2D eigenvalue weighted by atomic mass is 32.2. The number of rotatable bonds is 20. The van der Waals surface area contributed by atoms with Crippen molar-refractivity contribution in [2.24, 2.45) is 0 Å². The molecule has 2 aliphatic rings. The molecule has 10 nitrogen and oxygen atoms in total. The van der Waals surface area contributed by atoms with Crippen LogP contribution in [0.2, 0.25) is 39.3 Å². The number of sulfone groups is 1. The number of ether oxygens (including phenoxy) is 5. The van der Waals surface area contributed by atoms with Crippen molar-refractivity contribution in [2.45, 2.75) is 138 Å². The number of benzene rings is 3. The van der Waals surface area contributed by atoms with E-state index < -0.39 is 68.4 Å². The molecule has 2 saturated heterocycles. The summed E-state index contributed by atoms with van der Waals surface area (Å²) < 4.78 is 71.6. The largest absolute Gasteiger partial charge is 0.497 e. The molecule has 0 amide bonds. The zero-order valence-corrected chi connectivity index (χ0v) is 36.8. The Morgan fingerprint density at radius 1 is 0.855 bits per heavy atom. The summed E-state index contributed by atoms with van der Waals surface area (Å²) in [6, 6.07) is 26.2. The van der Waals surface area contributed by atoms with Gasteiger partial charge in [-0.2, -0.15) is 0 Å². The highest BCUT2D eigenvalue weighted by Crippen LogP contribution is 2.43. The maximum atomic E-state index is 13.3. The highest BCUT2D eigenvalue weighted by molar-refractivity contribution is 7.91. The molecule has 0 aromatic heterocycles. The lowest BCUT2D eigenvalue weighted by atomic mass is 9.85. The van der Waals surface area contributed by atoms with E-state index in [1.165, 1.54) is 0 Å². The van der Waals surface area contributed by atoms with E-state index in [-0.39, 0.29) is 18.3 Å². The number of epoxide rings is 1. The molecule has 0 unspecified atom stereocenters. The fraction of sp³-hybridized carbons (Fsp3) is 0.571. The molecule has 5 rings (SSSR count). The summed E-state index contributed by atoms with van der Waals surface area (Å²) in [4.78, 5) is 0.301. The van der Waals surface area contributed by atoms with Gasteiger partial charge in [0.2, 0.25) is 0 Å². The molecule has 1 N–H and O–H groups in total. The Hall–Kier alpha value is -2.44. The minimum atomic E-state index is -3.52. The van der Waals surface area contributed by atoms with E-state index >= 15 is 0 Å². The summed E-state index contributed by atoms with van der Waals surface area (Å²) in [5.41, 5.74) is 0.145. The smallest absolute Gasteiger partial charge is 0.184 e. The second kappa shape index (κ2) is 18.0. The van der Waals surface area contributed by atoms with Gasteiger partial charge < -0.3 is 37.6 Å². The quantitative estimate of drug-likeness (QED) is 0.0886. The molecule has 0 spiro atoms. The molecule has 3 aromatic rings. The molecule has 2 heterocycles. The first-order chi connectivity index (χ1) is 25.8. The zero-order valence-electron chi connectivity index (χ0n) is 34.0. The Bertz CT molecular complexity index is 1750. The monoisotopic (exact) mass is 814 g/mol. The average Bonchev–Trinajstić information content (AvgIpc) is 3.89. The molecule has 304 valence electrons. The minimum Gasteiger partial charge on any atom is -0.497 e. The number of hydrogen-bond acceptors (Lipinski definition) is 10. The van der Waals surface area contributed by atoms with Crippen molar-refractivity contribution in [2.75, 3.05) is 19.5 Å². The number of aliphatic hydroxyl groups excluding tert-OH is 1. The fourth-order valence-electron chi connectivity index (χ4n) is 7.71. The van der Waals surface area contributed by atoms with Crippen LogP contribution in [0.3, 0.4) is 0 Å². The van der Waals surface area contributed by atoms with Crippen molar-refractivity contribution in [3.05, 3.63) is 96.1 Å². The first kappa shape index (κ1) is 43.7. The van der Waals surface area contributed by atoms with Gasteiger partial charge in [-0.3, -0.25) is 0 Å². The van der Waals surface area contributed by atoms with Crippen LogP contribution in [-0.4, -0.2) is 91.4 Å². The van der Waals surface area contributed by atoms with Crippen molar-refractivity contribution in [3.63, 3.8) is 0 Å². The van der Waals surface area contributed by atoms with Crippen molar-refractivity contribution >= 4 is 26.5 Å². The number of hydrogen-bond donors (Lipinski definition) is 1. The Labute approximate surface area is 331 Å². The molecule has 0 saturated carbocycles. The van der Waals surface area contributed by atoms with E-state index in [9.17, 15) is 13.5 Å². The van der Waals surface area contributed by atoms with Crippen LogP contribution in [-0.2, 0) is 44.2 Å². The van der Waals surface area contributed by atoms with Gasteiger partial charge in [-0.25, -0.2) is 8.42 Å². The van der Waals surface area contributed by atoms with Crippen LogP contribution in [0.4, 0.5) is 0 Å². The van der Waals surface area contributed by atoms with Crippen LogP contribution in [0.15, 0.2) is 89.8 Å². The molecule has 2 aliphatic heterocycles. The van der Waals surface area contributed by atoms with Gasteiger partial charge in [0.25, 0.3) is 0 Å². The second-order valence-electron chi connectivity index (χ2n) is 17.3.